The SMILES string of the molecule is CCCCCCCCCCCCCCCCCCNC(=O)C(=O)C(CNS(=O)(=O)CCC[n+]1cccc2ccccc21)n1nnnc1C. The van der Waals surface area contributed by atoms with Gasteiger partial charge in [0, 0.05) is 37.0 Å². The summed E-state index contributed by atoms with van der Waals surface area (Å²) >= 11 is 0. The molecule has 0 aliphatic heterocycles. The van der Waals surface area contributed by atoms with Crippen molar-refractivity contribution in [3.05, 3.63) is 48.4 Å². The zero-order valence-corrected chi connectivity index (χ0v) is 30.1. The van der Waals surface area contributed by atoms with Crippen LogP contribution in [0.2, 0.25) is 0 Å². The summed E-state index contributed by atoms with van der Waals surface area (Å²) in [7, 11) is -3.74. The summed E-state index contributed by atoms with van der Waals surface area (Å²) in [5.41, 5.74) is 1.02. The van der Waals surface area contributed by atoms with Crippen molar-refractivity contribution in [2.75, 3.05) is 18.8 Å². The molecule has 0 spiro atoms. The van der Waals surface area contributed by atoms with Gasteiger partial charge in [0.05, 0.1) is 5.75 Å². The topological polar surface area (TPSA) is 140 Å². The average Bonchev–Trinajstić information content (AvgIpc) is 3.51. The number of Topliss-reactive ketones (excluding diaryl/α,β-unsaturated/α-hetero) is 1. The highest BCUT2D eigenvalue weighted by atomic mass is 32.2. The van der Waals surface area contributed by atoms with E-state index in [0.717, 1.165) is 30.2 Å². The van der Waals surface area contributed by atoms with Gasteiger partial charge in [-0.1, -0.05) is 115 Å². The number of para-hydroxylation sites is 1. The van der Waals surface area contributed by atoms with Crippen molar-refractivity contribution >= 4 is 32.6 Å². The van der Waals surface area contributed by atoms with Crippen molar-refractivity contribution < 1.29 is 22.6 Å². The van der Waals surface area contributed by atoms with Gasteiger partial charge >= 0.3 is 0 Å². The van der Waals surface area contributed by atoms with Gasteiger partial charge in [0.15, 0.2) is 6.20 Å². The predicted octanol–water partition coefficient (Wildman–Crippen LogP) is 5.92. The van der Waals surface area contributed by atoms with Crippen molar-refractivity contribution in [3.63, 3.8) is 0 Å². The molecule has 3 aromatic rings. The number of tetrazole rings is 1. The lowest BCUT2D eigenvalue weighted by molar-refractivity contribution is -0.671. The molecule has 1 atom stereocenters. The van der Waals surface area contributed by atoms with Crippen LogP contribution in [-0.2, 0) is 26.2 Å². The summed E-state index contributed by atoms with van der Waals surface area (Å²) in [6.07, 6.45) is 22.5. The summed E-state index contributed by atoms with van der Waals surface area (Å²) < 4.78 is 31.5. The molecule has 1 aromatic carbocycles. The number of fused-ring (bicyclic) bond motifs is 1. The van der Waals surface area contributed by atoms with Crippen LogP contribution in [0.4, 0.5) is 0 Å². The second kappa shape index (κ2) is 22.4. The molecule has 266 valence electrons. The number of hydrogen-bond acceptors (Lipinski definition) is 7. The number of hydrogen-bond donors (Lipinski definition) is 2. The van der Waals surface area contributed by atoms with Crippen molar-refractivity contribution in [1.82, 2.24) is 30.2 Å². The number of nitrogens with one attached hydrogen (secondary N) is 2. The normalized spacial score (nSPS) is 12.4. The van der Waals surface area contributed by atoms with E-state index < -0.39 is 27.8 Å². The Morgan fingerprint density at radius 3 is 2.00 bits per heavy atom. The van der Waals surface area contributed by atoms with E-state index in [1.807, 2.05) is 47.2 Å². The quantitative estimate of drug-likeness (QED) is 0.0577. The molecule has 1 amide bonds. The maximum Gasteiger partial charge on any atom is 0.289 e. The van der Waals surface area contributed by atoms with E-state index in [-0.39, 0.29) is 12.3 Å². The van der Waals surface area contributed by atoms with Crippen LogP contribution in [0.15, 0.2) is 42.6 Å². The standard InChI is InChI=1S/C36H57N7O4S/c1-3-4-5-6-7-8-9-10-11-12-13-14-15-16-17-20-26-37-36(45)35(44)34(43-31(2)39-40-41-43)30-38-48(46,47)29-22-28-42-27-21-24-32-23-18-19-25-33(32)42/h18-19,21,23-25,27,34,38H,3-17,20,22,26,28-30H2,1-2H3/p+1. The third-order valence-corrected chi connectivity index (χ3v) is 10.3. The predicted molar refractivity (Wildman–Crippen MR) is 190 cm³/mol. The Labute approximate surface area is 287 Å². The van der Waals surface area contributed by atoms with Crippen LogP contribution in [0.25, 0.3) is 10.9 Å². The molecule has 0 radical (unpaired) electrons. The summed E-state index contributed by atoms with van der Waals surface area (Å²) in [5.74, 6) is -1.37. The number of pyridine rings is 1. The Bertz CT molecular complexity index is 1470. The summed E-state index contributed by atoms with van der Waals surface area (Å²) in [4.78, 5) is 26.0. The summed E-state index contributed by atoms with van der Waals surface area (Å²) in [6, 6.07) is 10.7. The first-order valence-corrected chi connectivity index (χ1v) is 19.9. The molecule has 11 nitrogen and oxygen atoms in total. The van der Waals surface area contributed by atoms with Crippen LogP contribution in [-0.4, -0.2) is 59.2 Å². The fourth-order valence-corrected chi connectivity index (χ4v) is 7.11. The molecule has 0 saturated carbocycles. The average molecular weight is 685 g/mol. The lowest BCUT2D eigenvalue weighted by Crippen LogP contribution is -2.43. The summed E-state index contributed by atoms with van der Waals surface area (Å²) in [5, 5.41) is 15.0. The smallest absolute Gasteiger partial charge is 0.289 e. The van der Waals surface area contributed by atoms with E-state index in [1.165, 1.54) is 88.2 Å². The molecule has 0 fully saturated rings. The van der Waals surface area contributed by atoms with Gasteiger partial charge in [-0.15, -0.1) is 5.10 Å². The zero-order chi connectivity index (χ0) is 34.5. The molecule has 0 saturated heterocycles. The number of carbonyl (C=O) groups excluding carboxylic acids is 2. The molecule has 2 heterocycles. The van der Waals surface area contributed by atoms with E-state index >= 15 is 0 Å². The number of aryl methyl sites for hydroxylation is 2. The van der Waals surface area contributed by atoms with Crippen LogP contribution in [0.3, 0.4) is 0 Å². The van der Waals surface area contributed by atoms with Crippen molar-refractivity contribution in [3.8, 4) is 0 Å². The highest BCUT2D eigenvalue weighted by Crippen LogP contribution is 2.14. The third kappa shape index (κ3) is 14.5. The second-order valence-corrected chi connectivity index (χ2v) is 14.8. The van der Waals surface area contributed by atoms with E-state index in [0.29, 0.717) is 25.3 Å². The van der Waals surface area contributed by atoms with Gasteiger partial charge in [-0.3, -0.25) is 9.59 Å². The maximum absolute atomic E-state index is 13.2. The van der Waals surface area contributed by atoms with Gasteiger partial charge < -0.3 is 5.32 Å². The van der Waals surface area contributed by atoms with Crippen LogP contribution in [0.1, 0.15) is 128 Å². The Morgan fingerprint density at radius 1 is 0.812 bits per heavy atom. The largest absolute Gasteiger partial charge is 0.349 e. The molecular formula is C36H58N7O4S+. The minimum absolute atomic E-state index is 0.135. The van der Waals surface area contributed by atoms with Gasteiger partial charge in [0.25, 0.3) is 5.91 Å². The summed E-state index contributed by atoms with van der Waals surface area (Å²) in [6.45, 7) is 4.45. The number of rotatable bonds is 27. The fraction of sp³-hybridized carbons (Fsp3) is 0.667. The fourth-order valence-electron chi connectivity index (χ4n) is 6.05. The number of sulfonamides is 1. The molecule has 0 aliphatic carbocycles. The van der Waals surface area contributed by atoms with Crippen LogP contribution >= 0.6 is 0 Å². The third-order valence-electron chi connectivity index (χ3n) is 8.89. The minimum Gasteiger partial charge on any atom is -0.349 e. The highest BCUT2D eigenvalue weighted by molar-refractivity contribution is 7.89. The van der Waals surface area contributed by atoms with E-state index in [4.69, 9.17) is 0 Å². The van der Waals surface area contributed by atoms with Gasteiger partial charge in [-0.25, -0.2) is 17.8 Å². The molecule has 0 bridgehead atoms. The first-order valence-electron chi connectivity index (χ1n) is 18.2. The van der Waals surface area contributed by atoms with Crippen molar-refractivity contribution in [2.45, 2.75) is 136 Å². The molecule has 1 unspecified atom stereocenters. The number of carbonyl (C=O) groups is 2. The zero-order valence-electron chi connectivity index (χ0n) is 29.2. The Hall–Kier alpha value is -3.25. The van der Waals surface area contributed by atoms with Crippen molar-refractivity contribution in [2.24, 2.45) is 0 Å². The molecule has 3 rings (SSSR count). The van der Waals surface area contributed by atoms with Gasteiger partial charge in [0.2, 0.25) is 21.3 Å². The molecule has 48 heavy (non-hydrogen) atoms. The Kier molecular flexibility index (Phi) is 18.3. The molecular weight excluding hydrogens is 627 g/mol. The second-order valence-electron chi connectivity index (χ2n) is 12.9. The molecule has 2 aromatic heterocycles. The number of ketones is 1. The Morgan fingerprint density at radius 2 is 1.40 bits per heavy atom. The maximum atomic E-state index is 13.2. The van der Waals surface area contributed by atoms with Gasteiger partial charge in [0.1, 0.15) is 18.4 Å². The monoisotopic (exact) mass is 684 g/mol. The number of benzene rings is 1. The van der Waals surface area contributed by atoms with Gasteiger partial charge in [-0.05, 0) is 35.9 Å². The van der Waals surface area contributed by atoms with Gasteiger partial charge in [-0.2, -0.15) is 4.57 Å². The minimum atomic E-state index is -3.74. The number of nitrogens with zero attached hydrogens (tertiary/aromatic N) is 5. The van der Waals surface area contributed by atoms with Crippen LogP contribution in [0, 0.1) is 6.92 Å². The van der Waals surface area contributed by atoms with Crippen molar-refractivity contribution in [1.29, 1.82) is 0 Å². The van der Waals surface area contributed by atoms with Crippen LogP contribution in [0.5, 0.6) is 0 Å². The highest BCUT2D eigenvalue weighted by Gasteiger charge is 2.30. The molecule has 2 N–H and O–H groups in total. The van der Waals surface area contributed by atoms with E-state index in [2.05, 4.69) is 32.5 Å². The molecule has 12 heteroatoms. The molecule has 0 aliphatic rings. The lowest BCUT2D eigenvalue weighted by atomic mass is 10.0. The van der Waals surface area contributed by atoms with E-state index in [1.54, 1.807) is 6.92 Å². The first-order chi connectivity index (χ1) is 23.3. The Balaban J connectivity index is 1.31. The number of aromatic nitrogens is 5. The van der Waals surface area contributed by atoms with E-state index in [9.17, 15) is 18.0 Å². The van der Waals surface area contributed by atoms with Crippen LogP contribution < -0.4 is 14.6 Å². The number of unbranched alkanes of at least 4 members (excludes halogenated alkanes) is 15. The number of amides is 1. The lowest BCUT2D eigenvalue weighted by Gasteiger charge is -2.17. The first kappa shape index (κ1) is 39.2.